The highest BCUT2D eigenvalue weighted by molar-refractivity contribution is 9.10. The van der Waals surface area contributed by atoms with E-state index >= 15 is 0 Å². The lowest BCUT2D eigenvalue weighted by atomic mass is 9.99. The summed E-state index contributed by atoms with van der Waals surface area (Å²) >= 11 is 3.06. The summed E-state index contributed by atoms with van der Waals surface area (Å²) in [6, 6.07) is 2.36. The Bertz CT molecular complexity index is 382. The molecule has 0 aromatic heterocycles. The van der Waals surface area contributed by atoms with Gasteiger partial charge in [-0.15, -0.1) is 0 Å². The summed E-state index contributed by atoms with van der Waals surface area (Å²) in [7, 11) is 0. The van der Waals surface area contributed by atoms with Gasteiger partial charge in [-0.2, -0.15) is 0 Å². The fourth-order valence-corrected chi connectivity index (χ4v) is 2.20. The predicted molar refractivity (Wildman–Crippen MR) is 75.9 cm³/mol. The van der Waals surface area contributed by atoms with Crippen LogP contribution in [0.5, 0.6) is 0 Å². The molecule has 1 unspecified atom stereocenters. The Hall–Kier alpha value is -0.640. The predicted octanol–water partition coefficient (Wildman–Crippen LogP) is 5.36. The second-order valence-electron chi connectivity index (χ2n) is 4.54. The van der Waals surface area contributed by atoms with Crippen molar-refractivity contribution in [3.8, 4) is 0 Å². The number of anilines is 1. The molecule has 0 spiro atoms. The molecule has 0 amide bonds. The van der Waals surface area contributed by atoms with E-state index in [0.29, 0.717) is 11.6 Å². The van der Waals surface area contributed by atoms with Gasteiger partial charge in [0.25, 0.3) is 0 Å². The van der Waals surface area contributed by atoms with Gasteiger partial charge >= 0.3 is 0 Å². The van der Waals surface area contributed by atoms with Gasteiger partial charge in [0.2, 0.25) is 0 Å². The van der Waals surface area contributed by atoms with Gasteiger partial charge in [-0.05, 0) is 34.3 Å². The lowest BCUT2D eigenvalue weighted by Gasteiger charge is -2.16. The second-order valence-corrected chi connectivity index (χ2v) is 5.40. The van der Waals surface area contributed by atoms with Crippen molar-refractivity contribution in [1.29, 1.82) is 0 Å². The van der Waals surface area contributed by atoms with Gasteiger partial charge in [0.05, 0.1) is 10.2 Å². The average molecular weight is 320 g/mol. The normalized spacial score (nSPS) is 12.5. The molecule has 1 nitrogen and oxygen atoms in total. The maximum atomic E-state index is 13.5. The molecule has 0 radical (unpaired) electrons. The van der Waals surface area contributed by atoms with Crippen LogP contribution in [0.4, 0.5) is 14.5 Å². The van der Waals surface area contributed by atoms with E-state index in [-0.39, 0.29) is 4.47 Å². The lowest BCUT2D eigenvalue weighted by Crippen LogP contribution is -2.14. The van der Waals surface area contributed by atoms with Crippen LogP contribution in [-0.2, 0) is 0 Å². The molecule has 0 fully saturated rings. The SMILES string of the molecule is CCCCC(CC)CNc1cc(Br)c(F)cc1F. The van der Waals surface area contributed by atoms with Gasteiger partial charge in [-0.1, -0.05) is 33.1 Å². The number of benzene rings is 1. The zero-order valence-corrected chi connectivity index (χ0v) is 12.5. The van der Waals surface area contributed by atoms with Crippen molar-refractivity contribution in [2.45, 2.75) is 39.5 Å². The molecule has 0 saturated carbocycles. The first-order valence-corrected chi connectivity index (χ1v) is 7.26. The van der Waals surface area contributed by atoms with Crippen molar-refractivity contribution in [3.63, 3.8) is 0 Å². The van der Waals surface area contributed by atoms with Crippen LogP contribution < -0.4 is 5.32 Å². The van der Waals surface area contributed by atoms with E-state index in [2.05, 4.69) is 35.1 Å². The van der Waals surface area contributed by atoms with Crippen molar-refractivity contribution in [2.24, 2.45) is 5.92 Å². The zero-order chi connectivity index (χ0) is 13.5. The molecule has 0 saturated heterocycles. The van der Waals surface area contributed by atoms with Gasteiger partial charge in [0.15, 0.2) is 0 Å². The summed E-state index contributed by atoms with van der Waals surface area (Å²) in [6.07, 6.45) is 4.57. The summed E-state index contributed by atoms with van der Waals surface area (Å²) in [5, 5.41) is 3.07. The van der Waals surface area contributed by atoms with Gasteiger partial charge in [0, 0.05) is 12.6 Å². The Morgan fingerprint density at radius 3 is 2.56 bits per heavy atom. The molecule has 0 aliphatic heterocycles. The highest BCUT2D eigenvalue weighted by atomic mass is 79.9. The molecule has 1 aromatic rings. The summed E-state index contributed by atoms with van der Waals surface area (Å²) in [6.45, 7) is 5.03. The zero-order valence-electron chi connectivity index (χ0n) is 10.9. The van der Waals surface area contributed by atoms with Gasteiger partial charge < -0.3 is 5.32 Å². The first-order valence-electron chi connectivity index (χ1n) is 6.46. The quantitative estimate of drug-likeness (QED) is 0.667. The third kappa shape index (κ3) is 4.56. The minimum atomic E-state index is -0.573. The fraction of sp³-hybridized carbons (Fsp3) is 0.571. The number of hydrogen-bond acceptors (Lipinski definition) is 1. The molecule has 102 valence electrons. The summed E-state index contributed by atoms with van der Waals surface area (Å²) in [4.78, 5) is 0. The summed E-state index contributed by atoms with van der Waals surface area (Å²) in [5.74, 6) is -0.578. The molecule has 1 N–H and O–H groups in total. The Morgan fingerprint density at radius 1 is 1.22 bits per heavy atom. The second kappa shape index (κ2) is 7.72. The van der Waals surface area contributed by atoms with E-state index in [1.165, 1.54) is 18.9 Å². The molecular formula is C14H20BrF2N. The smallest absolute Gasteiger partial charge is 0.149 e. The van der Waals surface area contributed by atoms with Gasteiger partial charge in [0.1, 0.15) is 11.6 Å². The van der Waals surface area contributed by atoms with Crippen LogP contribution in [0.25, 0.3) is 0 Å². The third-order valence-corrected chi connectivity index (χ3v) is 3.74. The van der Waals surface area contributed by atoms with E-state index < -0.39 is 11.6 Å². The average Bonchev–Trinajstić information content (AvgIpc) is 2.35. The lowest BCUT2D eigenvalue weighted by molar-refractivity contribution is 0.471. The van der Waals surface area contributed by atoms with Crippen LogP contribution in [0, 0.1) is 17.6 Å². The van der Waals surface area contributed by atoms with Crippen molar-refractivity contribution in [2.75, 3.05) is 11.9 Å². The summed E-state index contributed by atoms with van der Waals surface area (Å²) in [5.41, 5.74) is 0.359. The molecule has 0 aliphatic carbocycles. The standard InChI is InChI=1S/C14H20BrF2N/c1-3-5-6-10(4-2)9-18-14-7-11(15)12(16)8-13(14)17/h7-8,10,18H,3-6,9H2,1-2H3. The number of halogens is 3. The first-order chi connectivity index (χ1) is 8.58. The van der Waals surface area contributed by atoms with Crippen molar-refractivity contribution < 1.29 is 8.78 Å². The highest BCUT2D eigenvalue weighted by Gasteiger charge is 2.10. The minimum Gasteiger partial charge on any atom is -0.382 e. The molecule has 0 aliphatic rings. The summed E-state index contributed by atoms with van der Waals surface area (Å²) < 4.78 is 26.9. The van der Waals surface area contributed by atoms with E-state index in [4.69, 9.17) is 0 Å². The Balaban J connectivity index is 2.59. The number of hydrogen-bond donors (Lipinski definition) is 1. The van der Waals surface area contributed by atoms with Crippen LogP contribution in [-0.4, -0.2) is 6.54 Å². The minimum absolute atomic E-state index is 0.285. The number of nitrogens with one attached hydrogen (secondary N) is 1. The van der Waals surface area contributed by atoms with Crippen LogP contribution >= 0.6 is 15.9 Å². The Labute approximate surface area is 116 Å². The number of rotatable bonds is 7. The van der Waals surface area contributed by atoms with Crippen molar-refractivity contribution >= 4 is 21.6 Å². The van der Waals surface area contributed by atoms with E-state index in [1.54, 1.807) is 0 Å². The molecule has 1 rings (SSSR count). The third-order valence-electron chi connectivity index (χ3n) is 3.13. The maximum absolute atomic E-state index is 13.5. The maximum Gasteiger partial charge on any atom is 0.149 e. The Kier molecular flexibility index (Phi) is 6.61. The topological polar surface area (TPSA) is 12.0 Å². The molecule has 0 bridgehead atoms. The molecular weight excluding hydrogens is 300 g/mol. The van der Waals surface area contributed by atoms with E-state index in [0.717, 1.165) is 25.5 Å². The molecule has 18 heavy (non-hydrogen) atoms. The Morgan fingerprint density at radius 2 is 1.94 bits per heavy atom. The molecule has 0 heterocycles. The fourth-order valence-electron chi connectivity index (χ4n) is 1.86. The van der Waals surface area contributed by atoms with Crippen LogP contribution in [0.2, 0.25) is 0 Å². The molecule has 4 heteroatoms. The van der Waals surface area contributed by atoms with Crippen LogP contribution in [0.15, 0.2) is 16.6 Å². The monoisotopic (exact) mass is 319 g/mol. The van der Waals surface area contributed by atoms with Gasteiger partial charge in [-0.25, -0.2) is 8.78 Å². The first kappa shape index (κ1) is 15.4. The number of unbranched alkanes of at least 4 members (excludes halogenated alkanes) is 1. The van der Waals surface area contributed by atoms with Crippen molar-refractivity contribution in [1.82, 2.24) is 0 Å². The molecule has 1 aromatic carbocycles. The van der Waals surface area contributed by atoms with Gasteiger partial charge in [-0.3, -0.25) is 0 Å². The van der Waals surface area contributed by atoms with Crippen LogP contribution in [0.3, 0.4) is 0 Å². The van der Waals surface area contributed by atoms with Crippen molar-refractivity contribution in [3.05, 3.63) is 28.2 Å². The van der Waals surface area contributed by atoms with E-state index in [9.17, 15) is 8.78 Å². The van der Waals surface area contributed by atoms with Crippen LogP contribution in [0.1, 0.15) is 39.5 Å². The highest BCUT2D eigenvalue weighted by Crippen LogP contribution is 2.24. The van der Waals surface area contributed by atoms with E-state index in [1.807, 2.05) is 0 Å². The largest absolute Gasteiger partial charge is 0.382 e. The molecule has 1 atom stereocenters.